The predicted molar refractivity (Wildman–Crippen MR) is 87.4 cm³/mol. The first kappa shape index (κ1) is 17.6. The SMILES string of the molecule is CCOC(CC)(CC)c1nc(CC)c(CNC(C)C)s1. The van der Waals surface area contributed by atoms with Crippen LogP contribution in [0.5, 0.6) is 0 Å². The minimum atomic E-state index is -0.195. The number of aryl methyl sites for hydroxylation is 1. The maximum atomic E-state index is 6.08. The lowest BCUT2D eigenvalue weighted by Gasteiger charge is -2.29. The quantitative estimate of drug-likeness (QED) is 0.740. The Morgan fingerprint density at radius 3 is 2.30 bits per heavy atom. The standard InChI is InChI=1S/C16H30N2OS/c1-7-13-14(11-17-12(5)6)20-15(18-13)16(8-2,9-3)19-10-4/h12,17H,7-11H2,1-6H3. The van der Waals surface area contributed by atoms with E-state index in [9.17, 15) is 0 Å². The van der Waals surface area contributed by atoms with E-state index in [4.69, 9.17) is 9.72 Å². The smallest absolute Gasteiger partial charge is 0.125 e. The molecule has 0 fully saturated rings. The summed E-state index contributed by atoms with van der Waals surface area (Å²) in [6, 6.07) is 0.499. The van der Waals surface area contributed by atoms with Gasteiger partial charge in [0, 0.05) is 24.1 Å². The van der Waals surface area contributed by atoms with Gasteiger partial charge in [0.05, 0.1) is 5.69 Å². The van der Waals surface area contributed by atoms with Gasteiger partial charge in [0.25, 0.3) is 0 Å². The third kappa shape index (κ3) is 4.03. The summed E-state index contributed by atoms with van der Waals surface area (Å²) in [5, 5.41) is 4.65. The highest BCUT2D eigenvalue weighted by molar-refractivity contribution is 7.11. The molecule has 0 aromatic carbocycles. The van der Waals surface area contributed by atoms with Crippen LogP contribution in [0.1, 0.15) is 70.0 Å². The molecule has 0 atom stereocenters. The maximum absolute atomic E-state index is 6.08. The van der Waals surface area contributed by atoms with Gasteiger partial charge in [0.1, 0.15) is 10.6 Å². The van der Waals surface area contributed by atoms with Crippen LogP contribution in [0, 0.1) is 0 Å². The van der Waals surface area contributed by atoms with Crippen molar-refractivity contribution in [2.45, 2.75) is 79.0 Å². The molecule has 0 aliphatic carbocycles. The predicted octanol–water partition coefficient (Wildman–Crippen LogP) is 4.26. The number of ether oxygens (including phenoxy) is 1. The fraction of sp³-hybridized carbons (Fsp3) is 0.812. The van der Waals surface area contributed by atoms with Crippen LogP contribution in [0.4, 0.5) is 0 Å². The third-order valence-corrected chi connectivity index (χ3v) is 5.02. The van der Waals surface area contributed by atoms with Gasteiger partial charge < -0.3 is 10.1 Å². The molecule has 1 aromatic heterocycles. The summed E-state index contributed by atoms with van der Waals surface area (Å²) in [5.74, 6) is 0. The van der Waals surface area contributed by atoms with Crippen LogP contribution in [-0.4, -0.2) is 17.6 Å². The highest BCUT2D eigenvalue weighted by atomic mass is 32.1. The van der Waals surface area contributed by atoms with E-state index in [1.807, 2.05) is 11.3 Å². The Morgan fingerprint density at radius 1 is 1.20 bits per heavy atom. The summed E-state index contributed by atoms with van der Waals surface area (Å²) in [4.78, 5) is 6.26. The van der Waals surface area contributed by atoms with Gasteiger partial charge in [0.15, 0.2) is 0 Å². The average molecular weight is 298 g/mol. The van der Waals surface area contributed by atoms with Gasteiger partial charge in [-0.15, -0.1) is 11.3 Å². The van der Waals surface area contributed by atoms with E-state index in [1.54, 1.807) is 0 Å². The monoisotopic (exact) mass is 298 g/mol. The molecule has 20 heavy (non-hydrogen) atoms. The summed E-state index contributed by atoms with van der Waals surface area (Å²) in [5.41, 5.74) is 1.03. The molecule has 1 aromatic rings. The molecule has 0 bridgehead atoms. The molecule has 116 valence electrons. The largest absolute Gasteiger partial charge is 0.368 e. The summed E-state index contributed by atoms with van der Waals surface area (Å²) < 4.78 is 6.08. The van der Waals surface area contributed by atoms with Gasteiger partial charge >= 0.3 is 0 Å². The minimum absolute atomic E-state index is 0.195. The van der Waals surface area contributed by atoms with E-state index in [1.165, 1.54) is 10.6 Å². The zero-order chi connectivity index (χ0) is 15.2. The number of aromatic nitrogens is 1. The van der Waals surface area contributed by atoms with Crippen LogP contribution in [0.3, 0.4) is 0 Å². The molecule has 0 amide bonds. The topological polar surface area (TPSA) is 34.1 Å². The lowest BCUT2D eigenvalue weighted by atomic mass is 9.98. The highest BCUT2D eigenvalue weighted by Crippen LogP contribution is 2.37. The van der Waals surface area contributed by atoms with E-state index < -0.39 is 0 Å². The van der Waals surface area contributed by atoms with Crippen LogP contribution >= 0.6 is 11.3 Å². The van der Waals surface area contributed by atoms with Gasteiger partial charge in [-0.1, -0.05) is 34.6 Å². The van der Waals surface area contributed by atoms with Crippen molar-refractivity contribution in [1.29, 1.82) is 0 Å². The number of thiazole rings is 1. The van der Waals surface area contributed by atoms with Crippen molar-refractivity contribution in [2.24, 2.45) is 0 Å². The average Bonchev–Trinajstić information content (AvgIpc) is 2.86. The van der Waals surface area contributed by atoms with Crippen LogP contribution < -0.4 is 5.32 Å². The summed E-state index contributed by atoms with van der Waals surface area (Å²) >= 11 is 1.82. The second kappa shape index (κ2) is 8.11. The number of nitrogens with one attached hydrogen (secondary N) is 1. The molecule has 1 N–H and O–H groups in total. The first-order valence-corrected chi connectivity index (χ1v) is 8.70. The number of hydrogen-bond acceptors (Lipinski definition) is 4. The molecule has 4 heteroatoms. The highest BCUT2D eigenvalue weighted by Gasteiger charge is 2.33. The van der Waals surface area contributed by atoms with Gasteiger partial charge in [-0.25, -0.2) is 4.98 Å². The molecule has 0 spiro atoms. The van der Waals surface area contributed by atoms with Crippen molar-refractivity contribution in [3.05, 3.63) is 15.6 Å². The van der Waals surface area contributed by atoms with Gasteiger partial charge in [-0.2, -0.15) is 0 Å². The fourth-order valence-corrected chi connectivity index (χ4v) is 3.77. The first-order valence-electron chi connectivity index (χ1n) is 7.89. The third-order valence-electron chi connectivity index (χ3n) is 3.74. The molecule has 0 aliphatic heterocycles. The molecule has 0 saturated heterocycles. The van der Waals surface area contributed by atoms with E-state index in [0.717, 1.165) is 37.4 Å². The second-order valence-electron chi connectivity index (χ2n) is 5.41. The summed E-state index contributed by atoms with van der Waals surface area (Å²) in [6.07, 6.45) is 2.94. The Kier molecular flexibility index (Phi) is 7.13. The zero-order valence-electron chi connectivity index (χ0n) is 13.9. The second-order valence-corrected chi connectivity index (χ2v) is 6.50. The Balaban J connectivity index is 3.05. The normalized spacial score (nSPS) is 12.3. The van der Waals surface area contributed by atoms with Crippen molar-refractivity contribution < 1.29 is 4.74 Å². The molecule has 0 radical (unpaired) electrons. The molecular formula is C16H30N2OS. The van der Waals surface area contributed by atoms with Crippen LogP contribution in [0.2, 0.25) is 0 Å². The molecule has 0 aliphatic rings. The van der Waals surface area contributed by atoms with E-state index in [0.29, 0.717) is 6.04 Å². The Hall–Kier alpha value is -0.450. The van der Waals surface area contributed by atoms with Crippen molar-refractivity contribution in [1.82, 2.24) is 10.3 Å². The van der Waals surface area contributed by atoms with Crippen LogP contribution in [-0.2, 0) is 23.3 Å². The Labute approximate surface area is 128 Å². The lowest BCUT2D eigenvalue weighted by Crippen LogP contribution is -2.28. The number of nitrogens with zero attached hydrogens (tertiary/aromatic N) is 1. The number of hydrogen-bond donors (Lipinski definition) is 1. The minimum Gasteiger partial charge on any atom is -0.368 e. The first-order chi connectivity index (χ1) is 9.52. The molecule has 0 unspecified atom stereocenters. The van der Waals surface area contributed by atoms with Crippen molar-refractivity contribution >= 4 is 11.3 Å². The summed E-state index contributed by atoms with van der Waals surface area (Å²) in [6.45, 7) is 14.6. The van der Waals surface area contributed by atoms with Crippen LogP contribution in [0.15, 0.2) is 0 Å². The van der Waals surface area contributed by atoms with Crippen molar-refractivity contribution in [2.75, 3.05) is 6.61 Å². The summed E-state index contributed by atoms with van der Waals surface area (Å²) in [7, 11) is 0. The number of rotatable bonds is 9. The maximum Gasteiger partial charge on any atom is 0.125 e. The van der Waals surface area contributed by atoms with E-state index in [2.05, 4.69) is 46.9 Å². The fourth-order valence-electron chi connectivity index (χ4n) is 2.38. The molecule has 1 rings (SSSR count). The van der Waals surface area contributed by atoms with E-state index >= 15 is 0 Å². The lowest BCUT2D eigenvalue weighted by molar-refractivity contribution is -0.0507. The van der Waals surface area contributed by atoms with Gasteiger partial charge in [-0.3, -0.25) is 0 Å². The van der Waals surface area contributed by atoms with Gasteiger partial charge in [0.2, 0.25) is 0 Å². The van der Waals surface area contributed by atoms with Crippen molar-refractivity contribution in [3.8, 4) is 0 Å². The Bertz CT molecular complexity index is 397. The molecule has 1 heterocycles. The van der Waals surface area contributed by atoms with Gasteiger partial charge in [-0.05, 0) is 26.2 Å². The van der Waals surface area contributed by atoms with E-state index in [-0.39, 0.29) is 5.60 Å². The molecular weight excluding hydrogens is 268 g/mol. The Morgan fingerprint density at radius 2 is 1.85 bits per heavy atom. The molecule has 0 saturated carbocycles. The zero-order valence-corrected chi connectivity index (χ0v) is 14.7. The molecule has 3 nitrogen and oxygen atoms in total. The van der Waals surface area contributed by atoms with Crippen LogP contribution in [0.25, 0.3) is 0 Å². The van der Waals surface area contributed by atoms with Crippen molar-refractivity contribution in [3.63, 3.8) is 0 Å².